The van der Waals surface area contributed by atoms with E-state index in [-0.39, 0.29) is 0 Å². The molecule has 35 heavy (non-hydrogen) atoms. The number of aliphatic imine (C=N–C) groups is 1. The third-order valence-electron chi connectivity index (χ3n) is 6.76. The van der Waals surface area contributed by atoms with Gasteiger partial charge in [0.1, 0.15) is 5.75 Å². The number of ether oxygens (including phenoxy) is 1. The Morgan fingerprint density at radius 3 is 1.66 bits per heavy atom. The van der Waals surface area contributed by atoms with Crippen molar-refractivity contribution < 1.29 is 4.74 Å². The first-order chi connectivity index (χ1) is 17.3. The van der Waals surface area contributed by atoms with Crippen LogP contribution in [0.25, 0.3) is 0 Å². The summed E-state index contributed by atoms with van der Waals surface area (Å²) in [4.78, 5) is 4.62. The quantitative estimate of drug-likeness (QED) is 0.129. The molecule has 194 valence electrons. The summed E-state index contributed by atoms with van der Waals surface area (Å²) in [5.41, 5.74) is 3.51. The molecule has 0 aliphatic heterocycles. The van der Waals surface area contributed by atoms with Gasteiger partial charge in [-0.3, -0.25) is 4.99 Å². The van der Waals surface area contributed by atoms with Crippen molar-refractivity contribution in [2.45, 2.75) is 123 Å². The van der Waals surface area contributed by atoms with Crippen LogP contribution in [-0.4, -0.2) is 12.8 Å². The Balaban J connectivity index is 1.50. The summed E-state index contributed by atoms with van der Waals surface area (Å²) in [6, 6.07) is 16.9. The molecule has 0 aromatic heterocycles. The van der Waals surface area contributed by atoms with Gasteiger partial charge in [-0.2, -0.15) is 0 Å². The SMILES string of the molecule is CCCCCCCCCCCCCCCOc1ccc(C=Nc2ccc(CCCCC)cc2)cc1. The molecule has 0 saturated carbocycles. The van der Waals surface area contributed by atoms with Gasteiger partial charge in [-0.25, -0.2) is 0 Å². The summed E-state index contributed by atoms with van der Waals surface area (Å²) in [6.07, 6.45) is 24.9. The highest BCUT2D eigenvalue weighted by atomic mass is 16.5. The zero-order chi connectivity index (χ0) is 24.8. The van der Waals surface area contributed by atoms with Crippen LogP contribution in [0.2, 0.25) is 0 Å². The normalized spacial score (nSPS) is 11.4. The van der Waals surface area contributed by atoms with Gasteiger partial charge in [0.25, 0.3) is 0 Å². The van der Waals surface area contributed by atoms with E-state index in [1.807, 2.05) is 6.21 Å². The Hall–Kier alpha value is -2.09. The van der Waals surface area contributed by atoms with Crippen molar-refractivity contribution in [3.8, 4) is 5.75 Å². The first kappa shape index (κ1) is 29.1. The third kappa shape index (κ3) is 14.8. The fourth-order valence-electron chi connectivity index (χ4n) is 4.44. The molecule has 0 amide bonds. The zero-order valence-electron chi connectivity index (χ0n) is 22.8. The van der Waals surface area contributed by atoms with Crippen molar-refractivity contribution in [2.24, 2.45) is 4.99 Å². The van der Waals surface area contributed by atoms with Gasteiger partial charge in [0.15, 0.2) is 0 Å². The second kappa shape index (κ2) is 20.1. The van der Waals surface area contributed by atoms with E-state index in [2.05, 4.69) is 67.4 Å². The van der Waals surface area contributed by atoms with Crippen LogP contribution in [0.1, 0.15) is 128 Å². The van der Waals surface area contributed by atoms with Crippen LogP contribution in [0.5, 0.6) is 5.75 Å². The molecule has 0 aliphatic rings. The minimum Gasteiger partial charge on any atom is -0.494 e. The van der Waals surface area contributed by atoms with Gasteiger partial charge >= 0.3 is 0 Å². The lowest BCUT2D eigenvalue weighted by atomic mass is 10.0. The maximum absolute atomic E-state index is 5.93. The summed E-state index contributed by atoms with van der Waals surface area (Å²) in [5, 5.41) is 0. The molecule has 0 fully saturated rings. The van der Waals surface area contributed by atoms with Gasteiger partial charge in [0, 0.05) is 6.21 Å². The molecule has 0 saturated heterocycles. The average molecular weight is 478 g/mol. The molecular weight excluding hydrogens is 426 g/mol. The number of hydrogen-bond acceptors (Lipinski definition) is 2. The van der Waals surface area contributed by atoms with Crippen molar-refractivity contribution in [3.63, 3.8) is 0 Å². The number of benzene rings is 2. The molecule has 0 unspecified atom stereocenters. The third-order valence-corrected chi connectivity index (χ3v) is 6.76. The predicted molar refractivity (Wildman–Crippen MR) is 155 cm³/mol. The van der Waals surface area contributed by atoms with E-state index < -0.39 is 0 Å². The Kier molecular flexibility index (Phi) is 16.8. The average Bonchev–Trinajstić information content (AvgIpc) is 2.89. The molecule has 0 aliphatic carbocycles. The molecule has 2 aromatic rings. The van der Waals surface area contributed by atoms with Gasteiger partial charge in [-0.15, -0.1) is 0 Å². The van der Waals surface area contributed by atoms with Crippen molar-refractivity contribution in [2.75, 3.05) is 6.61 Å². The molecule has 0 bridgehead atoms. The summed E-state index contributed by atoms with van der Waals surface area (Å²) in [7, 11) is 0. The number of aryl methyl sites for hydroxylation is 1. The van der Waals surface area contributed by atoms with E-state index in [9.17, 15) is 0 Å². The maximum atomic E-state index is 5.93. The molecule has 2 heteroatoms. The summed E-state index contributed by atoms with van der Waals surface area (Å²) in [6.45, 7) is 5.35. The first-order valence-corrected chi connectivity index (χ1v) is 14.7. The van der Waals surface area contributed by atoms with Crippen molar-refractivity contribution in [1.29, 1.82) is 0 Å². The van der Waals surface area contributed by atoms with E-state index in [1.165, 1.54) is 108 Å². The highest BCUT2D eigenvalue weighted by molar-refractivity contribution is 5.82. The smallest absolute Gasteiger partial charge is 0.119 e. The molecule has 0 spiro atoms. The lowest BCUT2D eigenvalue weighted by molar-refractivity contribution is 0.304. The Morgan fingerprint density at radius 2 is 1.09 bits per heavy atom. The van der Waals surface area contributed by atoms with Crippen molar-refractivity contribution in [3.05, 3.63) is 59.7 Å². The minimum absolute atomic E-state index is 0.815. The monoisotopic (exact) mass is 477 g/mol. The van der Waals surface area contributed by atoms with E-state index in [4.69, 9.17) is 4.74 Å². The Bertz CT molecular complexity index is 763. The summed E-state index contributed by atoms with van der Waals surface area (Å²) >= 11 is 0. The summed E-state index contributed by atoms with van der Waals surface area (Å²) in [5.74, 6) is 0.956. The molecule has 2 nitrogen and oxygen atoms in total. The van der Waals surface area contributed by atoms with Gasteiger partial charge in [0.05, 0.1) is 12.3 Å². The Labute approximate surface area is 216 Å². The van der Waals surface area contributed by atoms with Crippen LogP contribution in [0.15, 0.2) is 53.5 Å². The highest BCUT2D eigenvalue weighted by Crippen LogP contribution is 2.17. The maximum Gasteiger partial charge on any atom is 0.119 e. The number of rotatable bonds is 21. The first-order valence-electron chi connectivity index (χ1n) is 14.7. The molecule has 2 rings (SSSR count). The largest absolute Gasteiger partial charge is 0.494 e. The van der Waals surface area contributed by atoms with E-state index >= 15 is 0 Å². The van der Waals surface area contributed by atoms with Crippen molar-refractivity contribution >= 4 is 11.9 Å². The fraction of sp³-hybridized carbons (Fsp3) is 0.606. The topological polar surface area (TPSA) is 21.6 Å². The van der Waals surface area contributed by atoms with Crippen LogP contribution in [0.4, 0.5) is 5.69 Å². The van der Waals surface area contributed by atoms with Crippen molar-refractivity contribution in [1.82, 2.24) is 0 Å². The second-order valence-electron chi connectivity index (χ2n) is 10.0. The lowest BCUT2D eigenvalue weighted by Crippen LogP contribution is -1.97. The lowest BCUT2D eigenvalue weighted by Gasteiger charge is -2.06. The minimum atomic E-state index is 0.815. The van der Waals surface area contributed by atoms with Gasteiger partial charge in [-0.1, -0.05) is 116 Å². The van der Waals surface area contributed by atoms with Crippen LogP contribution < -0.4 is 4.74 Å². The van der Waals surface area contributed by atoms with Crippen LogP contribution in [-0.2, 0) is 6.42 Å². The standard InChI is InChI=1S/C33H51NO/c1-3-5-7-8-9-10-11-12-13-14-15-16-18-28-35-33-26-22-31(23-27-33)29-34-32-24-20-30(21-25-32)19-17-6-4-2/h20-27,29H,3-19,28H2,1-2H3. The fourth-order valence-corrected chi connectivity index (χ4v) is 4.44. The van der Waals surface area contributed by atoms with Crippen LogP contribution >= 0.6 is 0 Å². The molecule has 0 N–H and O–H groups in total. The molecule has 0 atom stereocenters. The highest BCUT2D eigenvalue weighted by Gasteiger charge is 1.98. The number of unbranched alkanes of at least 4 members (excludes halogenated alkanes) is 14. The number of hydrogen-bond donors (Lipinski definition) is 0. The predicted octanol–water partition coefficient (Wildman–Crippen LogP) is 10.6. The molecule has 0 heterocycles. The van der Waals surface area contributed by atoms with Gasteiger partial charge in [0.2, 0.25) is 0 Å². The Morgan fingerprint density at radius 1 is 0.571 bits per heavy atom. The van der Waals surface area contributed by atoms with Crippen LogP contribution in [0, 0.1) is 0 Å². The second-order valence-corrected chi connectivity index (χ2v) is 10.0. The number of nitrogens with zero attached hydrogens (tertiary/aromatic N) is 1. The van der Waals surface area contributed by atoms with E-state index in [1.54, 1.807) is 0 Å². The molecular formula is C33H51NO. The van der Waals surface area contributed by atoms with Crippen LogP contribution in [0.3, 0.4) is 0 Å². The van der Waals surface area contributed by atoms with Gasteiger partial charge in [-0.05, 0) is 66.8 Å². The summed E-state index contributed by atoms with van der Waals surface area (Å²) < 4.78 is 5.93. The molecule has 0 radical (unpaired) electrons. The van der Waals surface area contributed by atoms with E-state index in [0.29, 0.717) is 0 Å². The zero-order valence-corrected chi connectivity index (χ0v) is 22.8. The molecule has 2 aromatic carbocycles. The van der Waals surface area contributed by atoms with Gasteiger partial charge < -0.3 is 4.74 Å². The van der Waals surface area contributed by atoms with E-state index in [0.717, 1.165) is 30.0 Å².